The molecule has 32 heavy (non-hydrogen) atoms. The Morgan fingerprint density at radius 3 is 2.41 bits per heavy atom. The van der Waals surface area contributed by atoms with Crippen molar-refractivity contribution in [3.05, 3.63) is 34.9 Å². The molecule has 2 unspecified atom stereocenters. The quantitative estimate of drug-likeness (QED) is 0.684. The molecule has 4 rings (SSSR count). The van der Waals surface area contributed by atoms with Gasteiger partial charge in [-0.15, -0.1) is 0 Å². The molecule has 1 aliphatic carbocycles. The molecule has 2 atom stereocenters. The molecule has 2 heterocycles. The molecule has 1 aromatic rings. The Hall–Kier alpha value is -1.60. The van der Waals surface area contributed by atoms with E-state index in [1.54, 1.807) is 11.0 Å². The van der Waals surface area contributed by atoms with E-state index >= 15 is 0 Å². The molecule has 1 saturated carbocycles. The van der Waals surface area contributed by atoms with Crippen LogP contribution in [-0.2, 0) is 28.7 Å². The molecule has 0 spiro atoms. The van der Waals surface area contributed by atoms with Crippen LogP contribution in [0, 0.1) is 11.8 Å². The molecule has 180 valence electrons. The number of benzene rings is 1. The van der Waals surface area contributed by atoms with E-state index in [9.17, 15) is 18.0 Å². The summed E-state index contributed by atoms with van der Waals surface area (Å²) in [6.45, 7) is 8.96. The van der Waals surface area contributed by atoms with Crippen LogP contribution in [-0.4, -0.2) is 42.6 Å². The number of hydrogen-bond acceptors (Lipinski definition) is 3. The first kappa shape index (κ1) is 25.0. The van der Waals surface area contributed by atoms with Crippen molar-refractivity contribution in [2.45, 2.75) is 84.1 Å². The smallest absolute Gasteiger partial charge is 0.381 e. The minimum atomic E-state index is -4.35. The van der Waals surface area contributed by atoms with Crippen molar-refractivity contribution in [2.75, 3.05) is 19.8 Å². The highest BCUT2D eigenvalue weighted by molar-refractivity contribution is 5.79. The monoisotopic (exact) mass is 454 g/mol. The van der Waals surface area contributed by atoms with Crippen molar-refractivity contribution in [2.24, 2.45) is 11.8 Å². The summed E-state index contributed by atoms with van der Waals surface area (Å²) < 4.78 is 44.4. The number of ether oxygens (including phenoxy) is 1. The summed E-state index contributed by atoms with van der Waals surface area (Å²) in [5, 5.41) is 3.67. The van der Waals surface area contributed by atoms with Gasteiger partial charge in [0, 0.05) is 44.3 Å². The SMILES string of the molecule is CC(C)C.O=C(C1CCC(NC2CCOCC2)C1)N1CCc2ccc(C(F)(F)F)cc2C1. The summed E-state index contributed by atoms with van der Waals surface area (Å²) in [5.41, 5.74) is 0.911. The molecule has 2 fully saturated rings. The van der Waals surface area contributed by atoms with Crippen LogP contribution in [0.5, 0.6) is 0 Å². The van der Waals surface area contributed by atoms with Gasteiger partial charge in [-0.2, -0.15) is 13.2 Å². The number of carbonyl (C=O) groups is 1. The third-order valence-corrected chi connectivity index (χ3v) is 6.33. The maximum atomic E-state index is 13.0. The molecule has 1 saturated heterocycles. The van der Waals surface area contributed by atoms with Crippen LogP contribution in [0.2, 0.25) is 0 Å². The Bertz CT molecular complexity index is 757. The van der Waals surface area contributed by atoms with Gasteiger partial charge in [-0.05, 0) is 67.7 Å². The summed E-state index contributed by atoms with van der Waals surface area (Å²) in [4.78, 5) is 14.7. The normalized spacial score (nSPS) is 24.2. The lowest BCUT2D eigenvalue weighted by atomic mass is 9.95. The third kappa shape index (κ3) is 6.95. The van der Waals surface area contributed by atoms with Crippen molar-refractivity contribution in [1.29, 1.82) is 0 Å². The standard InChI is InChI=1S/C21H27F3N2O2.C4H10/c22-21(23,24)17-3-1-14-5-8-26(13-16(14)11-17)20(27)15-2-4-19(12-15)25-18-6-9-28-10-7-18;1-4(2)3/h1,3,11,15,18-19,25H,2,4-10,12-13H2;4H,1-3H3. The topological polar surface area (TPSA) is 41.6 Å². The van der Waals surface area contributed by atoms with Crippen molar-refractivity contribution >= 4 is 5.91 Å². The van der Waals surface area contributed by atoms with Crippen LogP contribution in [0.1, 0.15) is 69.6 Å². The molecular formula is C25H37F3N2O2. The average Bonchev–Trinajstić information content (AvgIpc) is 3.20. The van der Waals surface area contributed by atoms with Crippen LogP contribution in [0.25, 0.3) is 0 Å². The Kier molecular flexibility index (Phi) is 8.62. The molecule has 1 N–H and O–H groups in total. The number of carbonyl (C=O) groups excluding carboxylic acids is 1. The molecule has 7 heteroatoms. The van der Waals surface area contributed by atoms with Crippen molar-refractivity contribution in [3.63, 3.8) is 0 Å². The van der Waals surface area contributed by atoms with Gasteiger partial charge in [0.15, 0.2) is 0 Å². The molecule has 1 aromatic carbocycles. The van der Waals surface area contributed by atoms with Crippen molar-refractivity contribution in [3.8, 4) is 0 Å². The average molecular weight is 455 g/mol. The number of hydrogen-bond donors (Lipinski definition) is 1. The van der Waals surface area contributed by atoms with Crippen molar-refractivity contribution < 1.29 is 22.7 Å². The van der Waals surface area contributed by atoms with Crippen molar-refractivity contribution in [1.82, 2.24) is 10.2 Å². The van der Waals surface area contributed by atoms with E-state index in [4.69, 9.17) is 4.74 Å². The Labute approximate surface area is 189 Å². The molecule has 2 aliphatic heterocycles. The van der Waals surface area contributed by atoms with Gasteiger partial charge in [-0.1, -0.05) is 26.8 Å². The fraction of sp³-hybridized carbons (Fsp3) is 0.720. The minimum absolute atomic E-state index is 0.0234. The van der Waals surface area contributed by atoms with Gasteiger partial charge < -0.3 is 15.0 Å². The van der Waals surface area contributed by atoms with E-state index in [0.717, 1.165) is 62.9 Å². The highest BCUT2D eigenvalue weighted by Gasteiger charge is 2.36. The number of alkyl halides is 3. The Morgan fingerprint density at radius 2 is 1.75 bits per heavy atom. The highest BCUT2D eigenvalue weighted by Crippen LogP contribution is 2.34. The minimum Gasteiger partial charge on any atom is -0.381 e. The molecule has 3 aliphatic rings. The van der Waals surface area contributed by atoms with E-state index in [1.165, 1.54) is 6.07 Å². The molecule has 0 aromatic heterocycles. The van der Waals surface area contributed by atoms with Crippen LogP contribution in [0.3, 0.4) is 0 Å². The van der Waals surface area contributed by atoms with E-state index < -0.39 is 11.7 Å². The zero-order chi connectivity index (χ0) is 23.3. The Balaban J connectivity index is 0.000000668. The maximum Gasteiger partial charge on any atom is 0.416 e. The largest absolute Gasteiger partial charge is 0.416 e. The molecule has 4 nitrogen and oxygen atoms in total. The maximum absolute atomic E-state index is 13.0. The van der Waals surface area contributed by atoms with E-state index in [-0.39, 0.29) is 18.4 Å². The Morgan fingerprint density at radius 1 is 1.06 bits per heavy atom. The number of nitrogens with zero attached hydrogens (tertiary/aromatic N) is 1. The van der Waals surface area contributed by atoms with E-state index in [1.807, 2.05) is 0 Å². The molecule has 0 radical (unpaired) electrons. The summed E-state index contributed by atoms with van der Waals surface area (Å²) in [7, 11) is 0. The van der Waals surface area contributed by atoms with Gasteiger partial charge in [-0.25, -0.2) is 0 Å². The van der Waals surface area contributed by atoms with Gasteiger partial charge in [0.25, 0.3) is 0 Å². The van der Waals surface area contributed by atoms with Crippen LogP contribution < -0.4 is 5.32 Å². The zero-order valence-corrected chi connectivity index (χ0v) is 19.5. The van der Waals surface area contributed by atoms with E-state index in [0.29, 0.717) is 30.6 Å². The predicted molar refractivity (Wildman–Crippen MR) is 119 cm³/mol. The predicted octanol–water partition coefficient (Wildman–Crippen LogP) is 5.19. The second-order valence-corrected chi connectivity index (χ2v) is 9.98. The van der Waals surface area contributed by atoms with Gasteiger partial charge in [0.2, 0.25) is 5.91 Å². The van der Waals surface area contributed by atoms with Gasteiger partial charge >= 0.3 is 6.18 Å². The van der Waals surface area contributed by atoms with Crippen LogP contribution in [0.4, 0.5) is 13.2 Å². The number of fused-ring (bicyclic) bond motifs is 1. The lowest BCUT2D eigenvalue weighted by molar-refractivity contribution is -0.137. The van der Waals surface area contributed by atoms with Crippen LogP contribution >= 0.6 is 0 Å². The molecule has 0 bridgehead atoms. The summed E-state index contributed by atoms with van der Waals surface area (Å²) >= 11 is 0. The van der Waals surface area contributed by atoms with Gasteiger partial charge in [-0.3, -0.25) is 4.79 Å². The second kappa shape index (κ2) is 11.0. The summed E-state index contributed by atoms with van der Waals surface area (Å²) in [6, 6.07) is 4.73. The van der Waals surface area contributed by atoms with Crippen LogP contribution in [0.15, 0.2) is 18.2 Å². The summed E-state index contributed by atoms with van der Waals surface area (Å²) in [6.07, 6.45) is 0.953. The first-order chi connectivity index (χ1) is 15.1. The number of halogens is 3. The fourth-order valence-corrected chi connectivity index (χ4v) is 4.73. The lowest BCUT2D eigenvalue weighted by Crippen LogP contribution is -2.42. The number of nitrogens with one attached hydrogen (secondary N) is 1. The van der Waals surface area contributed by atoms with Gasteiger partial charge in [0.05, 0.1) is 5.56 Å². The summed E-state index contributed by atoms with van der Waals surface area (Å²) in [5.74, 6) is 0.907. The first-order valence-electron chi connectivity index (χ1n) is 11.9. The molecule has 1 amide bonds. The number of amides is 1. The molecular weight excluding hydrogens is 417 g/mol. The number of rotatable bonds is 3. The zero-order valence-electron chi connectivity index (χ0n) is 19.5. The highest BCUT2D eigenvalue weighted by atomic mass is 19.4. The second-order valence-electron chi connectivity index (χ2n) is 9.98. The van der Waals surface area contributed by atoms with Gasteiger partial charge in [0.1, 0.15) is 0 Å². The lowest BCUT2D eigenvalue weighted by Gasteiger charge is -2.31. The first-order valence-corrected chi connectivity index (χ1v) is 11.9. The third-order valence-electron chi connectivity index (χ3n) is 6.33. The van der Waals surface area contributed by atoms with E-state index in [2.05, 4.69) is 26.1 Å². The fourth-order valence-electron chi connectivity index (χ4n) is 4.73.